The fraction of sp³-hybridized carbons (Fsp3) is 0.636. The van der Waals surface area contributed by atoms with Crippen LogP contribution in [0.3, 0.4) is 0 Å². The Morgan fingerprint density at radius 3 is 2.94 bits per heavy atom. The largest absolute Gasteiger partial charge is 0.317 e. The summed E-state index contributed by atoms with van der Waals surface area (Å²) in [5, 5.41) is 7.33. The molecule has 0 saturated heterocycles. The minimum atomic E-state index is 0.138. The van der Waals surface area contributed by atoms with E-state index in [9.17, 15) is 4.79 Å². The van der Waals surface area contributed by atoms with Crippen LogP contribution in [0.2, 0.25) is 0 Å². The lowest BCUT2D eigenvalue weighted by Crippen LogP contribution is -2.19. The molecule has 1 rings (SSSR count). The molecular weight excluding hydrogens is 270 g/mol. The van der Waals surface area contributed by atoms with Crippen LogP contribution in [0.25, 0.3) is 0 Å². The zero-order valence-corrected chi connectivity index (χ0v) is 11.4. The first kappa shape index (κ1) is 13.4. The lowest BCUT2D eigenvalue weighted by molar-refractivity contribution is 0.0971. The van der Waals surface area contributed by atoms with Gasteiger partial charge in [-0.05, 0) is 28.9 Å². The van der Waals surface area contributed by atoms with Crippen molar-refractivity contribution >= 4 is 21.7 Å². The molecule has 1 aromatic heterocycles. The zero-order valence-electron chi connectivity index (χ0n) is 9.79. The lowest BCUT2D eigenvalue weighted by Gasteiger charge is -2.06. The summed E-state index contributed by atoms with van der Waals surface area (Å²) in [4.78, 5) is 12.0. The number of carbonyl (C=O) groups excluding carboxylic acids is 1. The van der Waals surface area contributed by atoms with Crippen molar-refractivity contribution in [1.82, 2.24) is 15.1 Å². The molecule has 0 aliphatic heterocycles. The van der Waals surface area contributed by atoms with E-state index in [1.54, 1.807) is 10.9 Å². The Morgan fingerprint density at radius 1 is 1.56 bits per heavy atom. The molecule has 4 nitrogen and oxygen atoms in total. The van der Waals surface area contributed by atoms with Crippen molar-refractivity contribution in [3.05, 3.63) is 16.4 Å². The van der Waals surface area contributed by atoms with Gasteiger partial charge in [-0.1, -0.05) is 13.8 Å². The van der Waals surface area contributed by atoms with Crippen LogP contribution in [-0.4, -0.2) is 28.7 Å². The van der Waals surface area contributed by atoms with Crippen molar-refractivity contribution in [3.8, 4) is 0 Å². The minimum Gasteiger partial charge on any atom is -0.317 e. The highest BCUT2D eigenvalue weighted by Crippen LogP contribution is 2.17. The average Bonchev–Trinajstić information content (AvgIpc) is 2.61. The lowest BCUT2D eigenvalue weighted by atomic mass is 10.2. The summed E-state index contributed by atoms with van der Waals surface area (Å²) in [7, 11) is 0. The van der Waals surface area contributed by atoms with Gasteiger partial charge < -0.3 is 5.32 Å². The predicted octanol–water partition coefficient (Wildman–Crippen LogP) is 2.24. The van der Waals surface area contributed by atoms with Gasteiger partial charge in [0.25, 0.3) is 0 Å². The second-order valence-electron chi connectivity index (χ2n) is 3.59. The molecule has 0 unspecified atom stereocenters. The van der Waals surface area contributed by atoms with Crippen LogP contribution in [0.5, 0.6) is 0 Å². The fourth-order valence-electron chi connectivity index (χ4n) is 1.52. The number of aromatic nitrogens is 2. The van der Waals surface area contributed by atoms with Crippen LogP contribution >= 0.6 is 15.9 Å². The van der Waals surface area contributed by atoms with Crippen molar-refractivity contribution in [2.24, 2.45) is 0 Å². The number of nitrogens with one attached hydrogen (secondary N) is 1. The number of carbonyl (C=O) groups is 1. The highest BCUT2D eigenvalue weighted by atomic mass is 79.9. The standard InChI is InChI=1S/C11H18BrN3O/c1-3-7-15-11(9(12)8-14-15)10(16)5-6-13-4-2/h8,13H,3-7H2,1-2H3. The summed E-state index contributed by atoms with van der Waals surface area (Å²) in [6.07, 6.45) is 3.18. The number of ketones is 1. The molecule has 1 aromatic rings. The first-order chi connectivity index (χ1) is 7.70. The van der Waals surface area contributed by atoms with Gasteiger partial charge in [0.2, 0.25) is 0 Å². The van der Waals surface area contributed by atoms with Crippen molar-refractivity contribution < 1.29 is 4.79 Å². The zero-order chi connectivity index (χ0) is 12.0. The molecule has 1 N–H and O–H groups in total. The minimum absolute atomic E-state index is 0.138. The molecular formula is C11H18BrN3O. The summed E-state index contributed by atoms with van der Waals surface area (Å²) < 4.78 is 2.57. The van der Waals surface area contributed by atoms with Crippen LogP contribution in [0.15, 0.2) is 10.7 Å². The van der Waals surface area contributed by atoms with Gasteiger partial charge in [0.1, 0.15) is 5.69 Å². The molecule has 1 heterocycles. The molecule has 0 amide bonds. The van der Waals surface area contributed by atoms with E-state index in [-0.39, 0.29) is 5.78 Å². The number of Topliss-reactive ketones (excluding diaryl/α,β-unsaturated/α-hetero) is 1. The van der Waals surface area contributed by atoms with Crippen LogP contribution in [0.1, 0.15) is 37.2 Å². The van der Waals surface area contributed by atoms with E-state index in [1.165, 1.54) is 0 Å². The molecule has 0 spiro atoms. The Labute approximate surface area is 105 Å². The van der Waals surface area contributed by atoms with E-state index < -0.39 is 0 Å². The van der Waals surface area contributed by atoms with Gasteiger partial charge in [-0.25, -0.2) is 0 Å². The van der Waals surface area contributed by atoms with Crippen molar-refractivity contribution in [1.29, 1.82) is 0 Å². The van der Waals surface area contributed by atoms with E-state index >= 15 is 0 Å². The van der Waals surface area contributed by atoms with Crippen LogP contribution in [0.4, 0.5) is 0 Å². The van der Waals surface area contributed by atoms with Crippen LogP contribution < -0.4 is 5.32 Å². The summed E-state index contributed by atoms with van der Waals surface area (Å²) in [5.74, 6) is 0.138. The van der Waals surface area contributed by atoms with Crippen molar-refractivity contribution in [3.63, 3.8) is 0 Å². The van der Waals surface area contributed by atoms with Gasteiger partial charge in [0.05, 0.1) is 10.7 Å². The van der Waals surface area contributed by atoms with Gasteiger partial charge >= 0.3 is 0 Å². The summed E-state index contributed by atoms with van der Waals surface area (Å²) >= 11 is 3.37. The van der Waals surface area contributed by atoms with Gasteiger partial charge in [-0.15, -0.1) is 0 Å². The van der Waals surface area contributed by atoms with Crippen molar-refractivity contribution in [2.45, 2.75) is 33.2 Å². The topological polar surface area (TPSA) is 46.9 Å². The second-order valence-corrected chi connectivity index (χ2v) is 4.45. The van der Waals surface area contributed by atoms with Gasteiger partial charge in [0, 0.05) is 19.5 Å². The molecule has 0 bridgehead atoms. The molecule has 0 fully saturated rings. The van der Waals surface area contributed by atoms with E-state index in [0.717, 1.165) is 30.5 Å². The maximum Gasteiger partial charge on any atom is 0.183 e. The predicted molar refractivity (Wildman–Crippen MR) is 67.7 cm³/mol. The molecule has 90 valence electrons. The maximum atomic E-state index is 12.0. The Bertz CT molecular complexity index is 349. The van der Waals surface area contributed by atoms with E-state index in [0.29, 0.717) is 12.1 Å². The highest BCUT2D eigenvalue weighted by molar-refractivity contribution is 9.10. The summed E-state index contributed by atoms with van der Waals surface area (Å²) in [5.41, 5.74) is 0.694. The summed E-state index contributed by atoms with van der Waals surface area (Å²) in [6, 6.07) is 0. The van der Waals surface area contributed by atoms with Gasteiger partial charge in [0.15, 0.2) is 5.78 Å². The first-order valence-corrected chi connectivity index (χ1v) is 6.45. The van der Waals surface area contributed by atoms with Gasteiger partial charge in [-0.3, -0.25) is 9.48 Å². The summed E-state index contributed by atoms with van der Waals surface area (Å²) in [6.45, 7) is 6.50. The van der Waals surface area contributed by atoms with Crippen molar-refractivity contribution in [2.75, 3.05) is 13.1 Å². The Kier molecular flexibility index (Phi) is 5.69. The average molecular weight is 288 g/mol. The third kappa shape index (κ3) is 3.42. The van der Waals surface area contributed by atoms with E-state index in [4.69, 9.17) is 0 Å². The number of hydrogen-bond donors (Lipinski definition) is 1. The molecule has 0 atom stereocenters. The normalized spacial score (nSPS) is 10.7. The SMILES string of the molecule is CCCn1ncc(Br)c1C(=O)CCNCC. The number of halogens is 1. The highest BCUT2D eigenvalue weighted by Gasteiger charge is 2.15. The molecule has 16 heavy (non-hydrogen) atoms. The molecule has 0 aromatic carbocycles. The third-order valence-electron chi connectivity index (χ3n) is 2.27. The smallest absolute Gasteiger partial charge is 0.183 e. The van der Waals surface area contributed by atoms with Crippen LogP contribution in [-0.2, 0) is 6.54 Å². The third-order valence-corrected chi connectivity index (χ3v) is 2.85. The second kappa shape index (κ2) is 6.81. The Morgan fingerprint density at radius 2 is 2.31 bits per heavy atom. The van der Waals surface area contributed by atoms with Crippen LogP contribution in [0, 0.1) is 0 Å². The first-order valence-electron chi connectivity index (χ1n) is 5.65. The van der Waals surface area contributed by atoms with E-state index in [1.807, 2.05) is 6.92 Å². The van der Waals surface area contributed by atoms with Gasteiger partial charge in [-0.2, -0.15) is 5.10 Å². The quantitative estimate of drug-likeness (QED) is 0.618. The molecule has 0 saturated carbocycles. The number of hydrogen-bond acceptors (Lipinski definition) is 3. The fourth-order valence-corrected chi connectivity index (χ4v) is 2.04. The number of aryl methyl sites for hydroxylation is 1. The molecule has 0 radical (unpaired) electrons. The van der Waals surface area contributed by atoms with E-state index in [2.05, 4.69) is 33.3 Å². The molecule has 5 heteroatoms. The maximum absolute atomic E-state index is 12.0. The molecule has 0 aliphatic rings. The Hall–Kier alpha value is -0.680. The number of nitrogens with zero attached hydrogens (tertiary/aromatic N) is 2. The molecule has 0 aliphatic carbocycles. The Balaban J connectivity index is 2.69. The monoisotopic (exact) mass is 287 g/mol. The number of rotatable bonds is 7.